The summed E-state index contributed by atoms with van der Waals surface area (Å²) in [4.78, 5) is 16.9. The Morgan fingerprint density at radius 2 is 2.00 bits per heavy atom. The van der Waals surface area contributed by atoms with Crippen molar-refractivity contribution < 1.29 is 9.63 Å². The van der Waals surface area contributed by atoms with Crippen molar-refractivity contribution in [3.05, 3.63) is 35.9 Å². The van der Waals surface area contributed by atoms with Crippen molar-refractivity contribution in [2.45, 2.75) is 0 Å². The van der Waals surface area contributed by atoms with Crippen LogP contribution in [0, 0.1) is 11.3 Å². The summed E-state index contributed by atoms with van der Waals surface area (Å²) in [6.45, 7) is 0. The Labute approximate surface area is 93.5 Å². The van der Waals surface area contributed by atoms with Gasteiger partial charge in [0.1, 0.15) is 6.07 Å². The van der Waals surface area contributed by atoms with E-state index in [1.165, 1.54) is 19.0 Å². The number of amides is 1. The van der Waals surface area contributed by atoms with Crippen LogP contribution in [-0.4, -0.2) is 30.8 Å². The monoisotopic (exact) mass is 217 g/mol. The molecule has 0 spiro atoms. The Kier molecular flexibility index (Phi) is 4.04. The fourth-order valence-corrected chi connectivity index (χ4v) is 0.900. The highest BCUT2D eigenvalue weighted by molar-refractivity contribution is 6.11. The quantitative estimate of drug-likeness (QED) is 0.429. The molecular formula is C11H11N3O2. The number of hydrogen-bond acceptors (Lipinski definition) is 4. The smallest absolute Gasteiger partial charge is 0.312 e. The van der Waals surface area contributed by atoms with Gasteiger partial charge in [-0.3, -0.25) is 4.84 Å². The standard InChI is InChI=1S/C11H11N3O2/c1-14(2)11(15)16-13-10(8-12)9-6-4-3-5-7-9/h3-7H,1-2H3/b13-10-. The van der Waals surface area contributed by atoms with Gasteiger partial charge in [-0.15, -0.1) is 0 Å². The summed E-state index contributed by atoms with van der Waals surface area (Å²) < 4.78 is 0. The van der Waals surface area contributed by atoms with Crippen LogP contribution >= 0.6 is 0 Å². The Bertz CT molecular complexity index is 432. The van der Waals surface area contributed by atoms with E-state index >= 15 is 0 Å². The van der Waals surface area contributed by atoms with Crippen molar-refractivity contribution in [2.24, 2.45) is 5.16 Å². The molecule has 0 heterocycles. The second-order valence-electron chi connectivity index (χ2n) is 3.17. The lowest BCUT2D eigenvalue weighted by molar-refractivity contribution is 0.122. The van der Waals surface area contributed by atoms with Crippen LogP contribution in [0.25, 0.3) is 0 Å². The number of benzene rings is 1. The summed E-state index contributed by atoms with van der Waals surface area (Å²) in [5.74, 6) is 0. The molecule has 0 aromatic heterocycles. The molecule has 0 saturated heterocycles. The predicted molar refractivity (Wildman–Crippen MR) is 58.8 cm³/mol. The summed E-state index contributed by atoms with van der Waals surface area (Å²) in [6, 6.07) is 10.7. The molecule has 1 aromatic carbocycles. The molecule has 0 aliphatic heterocycles. The fraction of sp³-hybridized carbons (Fsp3) is 0.182. The van der Waals surface area contributed by atoms with Crippen LogP contribution < -0.4 is 0 Å². The minimum absolute atomic E-state index is 0.0656. The Hall–Kier alpha value is -2.35. The average Bonchev–Trinajstić information content (AvgIpc) is 2.30. The third kappa shape index (κ3) is 3.10. The molecule has 0 fully saturated rings. The normalized spacial score (nSPS) is 10.4. The van der Waals surface area contributed by atoms with Gasteiger partial charge in [0.2, 0.25) is 0 Å². The van der Waals surface area contributed by atoms with Gasteiger partial charge in [-0.2, -0.15) is 5.26 Å². The molecule has 0 N–H and O–H groups in total. The Balaban J connectivity index is 2.81. The molecule has 16 heavy (non-hydrogen) atoms. The van der Waals surface area contributed by atoms with Crippen LogP contribution in [-0.2, 0) is 4.84 Å². The number of nitriles is 1. The second kappa shape index (κ2) is 5.51. The van der Waals surface area contributed by atoms with Gasteiger partial charge in [0.25, 0.3) is 0 Å². The van der Waals surface area contributed by atoms with Crippen LogP contribution in [0.5, 0.6) is 0 Å². The Morgan fingerprint density at radius 1 is 1.38 bits per heavy atom. The largest absolute Gasteiger partial charge is 0.435 e. The van der Waals surface area contributed by atoms with E-state index in [-0.39, 0.29) is 5.71 Å². The van der Waals surface area contributed by atoms with Gasteiger partial charge in [0.05, 0.1) is 0 Å². The van der Waals surface area contributed by atoms with E-state index in [0.717, 1.165) is 0 Å². The average molecular weight is 217 g/mol. The second-order valence-corrected chi connectivity index (χ2v) is 3.17. The summed E-state index contributed by atoms with van der Waals surface area (Å²) >= 11 is 0. The number of carbonyl (C=O) groups is 1. The number of carbonyl (C=O) groups excluding carboxylic acids is 1. The van der Waals surface area contributed by atoms with Gasteiger partial charge in [-0.1, -0.05) is 35.5 Å². The first kappa shape index (κ1) is 11.7. The molecule has 0 atom stereocenters. The highest BCUT2D eigenvalue weighted by Crippen LogP contribution is 2.01. The third-order valence-corrected chi connectivity index (χ3v) is 1.73. The van der Waals surface area contributed by atoms with Crippen molar-refractivity contribution in [3.8, 4) is 6.07 Å². The molecule has 0 unspecified atom stereocenters. The number of hydrogen-bond donors (Lipinski definition) is 0. The predicted octanol–water partition coefficient (Wildman–Crippen LogP) is 1.61. The SMILES string of the molecule is CN(C)C(=O)O/N=C(/C#N)c1ccccc1. The van der Waals surface area contributed by atoms with E-state index in [2.05, 4.69) is 9.99 Å². The van der Waals surface area contributed by atoms with E-state index in [1.807, 2.05) is 12.1 Å². The number of oxime groups is 1. The third-order valence-electron chi connectivity index (χ3n) is 1.73. The van der Waals surface area contributed by atoms with Gasteiger partial charge < -0.3 is 4.90 Å². The molecule has 0 aliphatic carbocycles. The van der Waals surface area contributed by atoms with Gasteiger partial charge in [-0.25, -0.2) is 4.79 Å². The van der Waals surface area contributed by atoms with E-state index in [4.69, 9.17) is 5.26 Å². The maximum atomic E-state index is 11.1. The van der Waals surface area contributed by atoms with Crippen LogP contribution in [0.4, 0.5) is 4.79 Å². The number of rotatable bonds is 2. The zero-order valence-corrected chi connectivity index (χ0v) is 9.04. The molecule has 0 radical (unpaired) electrons. The molecule has 0 saturated carbocycles. The van der Waals surface area contributed by atoms with Gasteiger partial charge in [0.15, 0.2) is 5.71 Å². The van der Waals surface area contributed by atoms with E-state index in [9.17, 15) is 4.79 Å². The minimum atomic E-state index is -0.622. The first-order valence-electron chi connectivity index (χ1n) is 4.57. The highest BCUT2D eigenvalue weighted by Gasteiger charge is 2.07. The van der Waals surface area contributed by atoms with Gasteiger partial charge in [-0.05, 0) is 0 Å². The summed E-state index contributed by atoms with van der Waals surface area (Å²) in [6.07, 6.45) is -0.622. The molecule has 5 heteroatoms. The first-order valence-corrected chi connectivity index (χ1v) is 4.57. The zero-order chi connectivity index (χ0) is 12.0. The van der Waals surface area contributed by atoms with Crippen molar-refractivity contribution in [3.63, 3.8) is 0 Å². The van der Waals surface area contributed by atoms with Crippen molar-refractivity contribution in [1.29, 1.82) is 5.26 Å². The highest BCUT2D eigenvalue weighted by atomic mass is 16.7. The van der Waals surface area contributed by atoms with E-state index < -0.39 is 6.09 Å². The van der Waals surface area contributed by atoms with Crippen LogP contribution in [0.1, 0.15) is 5.56 Å². The van der Waals surface area contributed by atoms with Crippen molar-refractivity contribution in [1.82, 2.24) is 4.90 Å². The van der Waals surface area contributed by atoms with Gasteiger partial charge >= 0.3 is 6.09 Å². The molecule has 0 aliphatic rings. The molecule has 82 valence electrons. The first-order chi connectivity index (χ1) is 7.65. The Morgan fingerprint density at radius 3 is 2.50 bits per heavy atom. The minimum Gasteiger partial charge on any atom is -0.312 e. The van der Waals surface area contributed by atoms with Crippen LogP contribution in [0.3, 0.4) is 0 Å². The maximum absolute atomic E-state index is 11.1. The van der Waals surface area contributed by atoms with E-state index in [1.54, 1.807) is 24.3 Å². The molecule has 1 amide bonds. The lowest BCUT2D eigenvalue weighted by Crippen LogP contribution is -2.21. The van der Waals surface area contributed by atoms with Gasteiger partial charge in [0, 0.05) is 19.7 Å². The van der Waals surface area contributed by atoms with Crippen molar-refractivity contribution in [2.75, 3.05) is 14.1 Å². The fourth-order valence-electron chi connectivity index (χ4n) is 0.900. The lowest BCUT2D eigenvalue weighted by atomic mass is 10.1. The summed E-state index contributed by atoms with van der Waals surface area (Å²) in [5.41, 5.74) is 0.673. The summed E-state index contributed by atoms with van der Waals surface area (Å²) in [5, 5.41) is 12.3. The molecule has 1 rings (SSSR count). The lowest BCUT2D eigenvalue weighted by Gasteiger charge is -2.06. The number of nitrogens with zero attached hydrogens (tertiary/aromatic N) is 3. The molecule has 0 bridgehead atoms. The van der Waals surface area contributed by atoms with Crippen molar-refractivity contribution >= 4 is 11.8 Å². The molecular weight excluding hydrogens is 206 g/mol. The maximum Gasteiger partial charge on any atom is 0.435 e. The van der Waals surface area contributed by atoms with E-state index in [0.29, 0.717) is 5.56 Å². The van der Waals surface area contributed by atoms with Crippen LogP contribution in [0.15, 0.2) is 35.5 Å². The van der Waals surface area contributed by atoms with Crippen LogP contribution in [0.2, 0.25) is 0 Å². The molecule has 5 nitrogen and oxygen atoms in total. The zero-order valence-electron chi connectivity index (χ0n) is 9.04. The summed E-state index contributed by atoms with van der Waals surface area (Å²) in [7, 11) is 3.07. The molecule has 1 aromatic rings. The topological polar surface area (TPSA) is 65.7 Å².